The molecule has 22 heavy (non-hydrogen) atoms. The van der Waals surface area contributed by atoms with Gasteiger partial charge in [0.05, 0.1) is 24.8 Å². The van der Waals surface area contributed by atoms with Gasteiger partial charge in [0, 0.05) is 5.02 Å². The average Bonchev–Trinajstić information content (AvgIpc) is 2.50. The van der Waals surface area contributed by atoms with E-state index in [-0.39, 0.29) is 12.3 Å². The van der Waals surface area contributed by atoms with Crippen LogP contribution in [0.2, 0.25) is 5.02 Å². The van der Waals surface area contributed by atoms with Crippen LogP contribution in [0, 0.1) is 0 Å². The van der Waals surface area contributed by atoms with Crippen molar-refractivity contribution < 1.29 is 14.6 Å². The Morgan fingerprint density at radius 1 is 1.23 bits per heavy atom. The summed E-state index contributed by atoms with van der Waals surface area (Å²) in [5.74, 6) is 0.328. The number of hydrogen-bond donors (Lipinski definition) is 2. The van der Waals surface area contributed by atoms with Crippen molar-refractivity contribution in [3.05, 3.63) is 59.1 Å². The van der Waals surface area contributed by atoms with Crippen LogP contribution in [-0.4, -0.2) is 17.6 Å². The SMILES string of the molecule is CCOc1ccccc1NC(=O)CC(O)c1ccc(Cl)cc1. The van der Waals surface area contributed by atoms with Crippen molar-refractivity contribution in [2.45, 2.75) is 19.4 Å². The molecular formula is C17H18ClNO3. The van der Waals surface area contributed by atoms with Crippen LogP contribution in [0.3, 0.4) is 0 Å². The first kappa shape index (κ1) is 16.3. The van der Waals surface area contributed by atoms with Crippen LogP contribution in [0.15, 0.2) is 48.5 Å². The van der Waals surface area contributed by atoms with E-state index in [9.17, 15) is 9.90 Å². The molecule has 0 aliphatic heterocycles. The monoisotopic (exact) mass is 319 g/mol. The van der Waals surface area contributed by atoms with Gasteiger partial charge >= 0.3 is 0 Å². The minimum Gasteiger partial charge on any atom is -0.492 e. The molecule has 0 radical (unpaired) electrons. The zero-order valence-electron chi connectivity index (χ0n) is 12.3. The molecule has 0 saturated heterocycles. The fourth-order valence-corrected chi connectivity index (χ4v) is 2.16. The standard InChI is InChI=1S/C17H18ClNO3/c1-2-22-16-6-4-3-5-14(16)19-17(21)11-15(20)12-7-9-13(18)10-8-12/h3-10,15,20H,2,11H2,1H3,(H,19,21). The zero-order valence-corrected chi connectivity index (χ0v) is 13.0. The van der Waals surface area contributed by atoms with E-state index in [4.69, 9.17) is 16.3 Å². The van der Waals surface area contributed by atoms with E-state index in [2.05, 4.69) is 5.32 Å². The number of carbonyl (C=O) groups excluding carboxylic acids is 1. The quantitative estimate of drug-likeness (QED) is 0.851. The third-order valence-corrected chi connectivity index (χ3v) is 3.35. The van der Waals surface area contributed by atoms with E-state index in [1.54, 1.807) is 36.4 Å². The van der Waals surface area contributed by atoms with E-state index in [1.165, 1.54) is 0 Å². The Hall–Kier alpha value is -2.04. The minimum absolute atomic E-state index is 0.0396. The van der Waals surface area contributed by atoms with Crippen molar-refractivity contribution in [2.75, 3.05) is 11.9 Å². The van der Waals surface area contributed by atoms with Gasteiger partial charge in [0.25, 0.3) is 0 Å². The van der Waals surface area contributed by atoms with Crippen molar-refractivity contribution in [1.29, 1.82) is 0 Å². The summed E-state index contributed by atoms with van der Waals surface area (Å²) in [6.45, 7) is 2.39. The number of halogens is 1. The number of nitrogens with one attached hydrogen (secondary N) is 1. The highest BCUT2D eigenvalue weighted by Gasteiger charge is 2.14. The van der Waals surface area contributed by atoms with Crippen LogP contribution >= 0.6 is 11.6 Å². The van der Waals surface area contributed by atoms with Crippen molar-refractivity contribution in [3.63, 3.8) is 0 Å². The molecule has 1 atom stereocenters. The van der Waals surface area contributed by atoms with Crippen LogP contribution in [-0.2, 0) is 4.79 Å². The summed E-state index contributed by atoms with van der Waals surface area (Å²) < 4.78 is 5.45. The van der Waals surface area contributed by atoms with E-state index in [0.29, 0.717) is 28.6 Å². The highest BCUT2D eigenvalue weighted by molar-refractivity contribution is 6.30. The summed E-state index contributed by atoms with van der Waals surface area (Å²) in [7, 11) is 0. The highest BCUT2D eigenvalue weighted by atomic mass is 35.5. The second-order valence-corrected chi connectivity index (χ2v) is 5.19. The molecule has 0 fully saturated rings. The molecule has 0 heterocycles. The van der Waals surface area contributed by atoms with Crippen LogP contribution in [0.4, 0.5) is 5.69 Å². The summed E-state index contributed by atoms with van der Waals surface area (Å²) in [5, 5.41) is 13.4. The van der Waals surface area contributed by atoms with Crippen molar-refractivity contribution in [3.8, 4) is 5.75 Å². The van der Waals surface area contributed by atoms with Crippen LogP contribution < -0.4 is 10.1 Å². The predicted octanol–water partition coefficient (Wildman–Crippen LogP) is 3.80. The van der Waals surface area contributed by atoms with Gasteiger partial charge in [-0.1, -0.05) is 35.9 Å². The molecule has 1 amide bonds. The molecule has 116 valence electrons. The Morgan fingerprint density at radius 2 is 1.91 bits per heavy atom. The Morgan fingerprint density at radius 3 is 2.59 bits per heavy atom. The predicted molar refractivity (Wildman–Crippen MR) is 87.3 cm³/mol. The second-order valence-electron chi connectivity index (χ2n) is 4.75. The average molecular weight is 320 g/mol. The molecule has 5 heteroatoms. The molecule has 1 unspecified atom stereocenters. The molecule has 0 bridgehead atoms. The molecule has 4 nitrogen and oxygen atoms in total. The van der Waals surface area contributed by atoms with Gasteiger partial charge < -0.3 is 15.2 Å². The summed E-state index contributed by atoms with van der Waals surface area (Å²) in [6, 6.07) is 14.0. The van der Waals surface area contributed by atoms with E-state index < -0.39 is 6.10 Å². The van der Waals surface area contributed by atoms with E-state index in [0.717, 1.165) is 0 Å². The number of rotatable bonds is 6. The maximum absolute atomic E-state index is 12.1. The van der Waals surface area contributed by atoms with Crippen LogP contribution in [0.5, 0.6) is 5.75 Å². The Bertz CT molecular complexity index is 628. The number of ether oxygens (including phenoxy) is 1. The molecule has 0 aromatic heterocycles. The first-order valence-corrected chi connectivity index (χ1v) is 7.43. The topological polar surface area (TPSA) is 58.6 Å². The van der Waals surface area contributed by atoms with Gasteiger partial charge in [-0.2, -0.15) is 0 Å². The van der Waals surface area contributed by atoms with E-state index in [1.807, 2.05) is 19.1 Å². The Kier molecular flexibility index (Phi) is 5.81. The van der Waals surface area contributed by atoms with Crippen molar-refractivity contribution >= 4 is 23.2 Å². The largest absolute Gasteiger partial charge is 0.492 e. The van der Waals surface area contributed by atoms with Gasteiger partial charge in [-0.15, -0.1) is 0 Å². The molecular weight excluding hydrogens is 302 g/mol. The maximum Gasteiger partial charge on any atom is 0.227 e. The molecule has 2 aromatic rings. The number of amides is 1. The van der Waals surface area contributed by atoms with Gasteiger partial charge in [-0.3, -0.25) is 4.79 Å². The zero-order chi connectivity index (χ0) is 15.9. The summed E-state index contributed by atoms with van der Waals surface area (Å²) >= 11 is 5.80. The van der Waals surface area contributed by atoms with Gasteiger partial charge in [-0.05, 0) is 36.8 Å². The number of aliphatic hydroxyl groups is 1. The number of aliphatic hydroxyl groups excluding tert-OH is 1. The molecule has 2 rings (SSSR count). The fraction of sp³-hybridized carbons (Fsp3) is 0.235. The van der Waals surface area contributed by atoms with Crippen LogP contribution in [0.1, 0.15) is 25.0 Å². The molecule has 2 aromatic carbocycles. The number of para-hydroxylation sites is 2. The first-order chi connectivity index (χ1) is 10.6. The molecule has 0 saturated carbocycles. The smallest absolute Gasteiger partial charge is 0.227 e. The normalized spacial score (nSPS) is 11.8. The molecule has 2 N–H and O–H groups in total. The lowest BCUT2D eigenvalue weighted by atomic mass is 10.1. The van der Waals surface area contributed by atoms with Crippen molar-refractivity contribution in [2.24, 2.45) is 0 Å². The maximum atomic E-state index is 12.1. The molecule has 0 spiro atoms. The first-order valence-electron chi connectivity index (χ1n) is 7.05. The summed E-state index contributed by atoms with van der Waals surface area (Å²) in [4.78, 5) is 12.1. The molecule has 0 aliphatic rings. The third-order valence-electron chi connectivity index (χ3n) is 3.09. The third kappa shape index (κ3) is 4.48. The number of carbonyl (C=O) groups is 1. The summed E-state index contributed by atoms with van der Waals surface area (Å²) in [6.07, 6.45) is -0.918. The Balaban J connectivity index is 1.99. The lowest BCUT2D eigenvalue weighted by molar-refractivity contribution is -0.118. The van der Waals surface area contributed by atoms with Crippen LogP contribution in [0.25, 0.3) is 0 Å². The highest BCUT2D eigenvalue weighted by Crippen LogP contribution is 2.25. The van der Waals surface area contributed by atoms with Gasteiger partial charge in [0.15, 0.2) is 0 Å². The molecule has 0 aliphatic carbocycles. The number of benzene rings is 2. The minimum atomic E-state index is -0.878. The lowest BCUT2D eigenvalue weighted by Gasteiger charge is -2.14. The second kappa shape index (κ2) is 7.82. The van der Waals surface area contributed by atoms with Gasteiger partial charge in [0.1, 0.15) is 5.75 Å². The lowest BCUT2D eigenvalue weighted by Crippen LogP contribution is -2.16. The van der Waals surface area contributed by atoms with Gasteiger partial charge in [-0.25, -0.2) is 0 Å². The van der Waals surface area contributed by atoms with Crippen molar-refractivity contribution in [1.82, 2.24) is 0 Å². The fourth-order valence-electron chi connectivity index (χ4n) is 2.03. The number of hydrogen-bond acceptors (Lipinski definition) is 3. The summed E-state index contributed by atoms with van der Waals surface area (Å²) in [5.41, 5.74) is 1.25. The number of anilines is 1. The Labute approximate surface area is 134 Å². The van der Waals surface area contributed by atoms with Gasteiger partial charge in [0.2, 0.25) is 5.91 Å². The van der Waals surface area contributed by atoms with E-state index >= 15 is 0 Å².